The van der Waals surface area contributed by atoms with Crippen LogP contribution < -0.4 is 0 Å². The van der Waals surface area contributed by atoms with Gasteiger partial charge in [-0.3, -0.25) is 0 Å². The summed E-state index contributed by atoms with van der Waals surface area (Å²) in [4.78, 5) is 11.5. The molecule has 116 valence electrons. The van der Waals surface area contributed by atoms with Crippen LogP contribution in [0.1, 0.15) is 5.56 Å². The Hall–Kier alpha value is -3.33. The Morgan fingerprint density at radius 1 is 0.833 bits per heavy atom. The van der Waals surface area contributed by atoms with Crippen LogP contribution in [-0.2, 0) is 4.79 Å². The molecule has 4 aromatic rings. The van der Waals surface area contributed by atoms with E-state index in [0.717, 1.165) is 27.5 Å². The molecule has 0 saturated carbocycles. The molecule has 0 atom stereocenters. The molecule has 3 heteroatoms. The first-order valence-corrected chi connectivity index (χ1v) is 7.68. The SMILES string of the molecule is C=C(C(=O)O)c1cccc2c3ccccc3n(-c3ccccc3)c12. The highest BCUT2D eigenvalue weighted by Gasteiger charge is 2.18. The molecule has 3 aromatic carbocycles. The minimum Gasteiger partial charge on any atom is -0.478 e. The molecule has 24 heavy (non-hydrogen) atoms. The van der Waals surface area contributed by atoms with Crippen molar-refractivity contribution in [3.8, 4) is 5.69 Å². The molecule has 4 rings (SSSR count). The third kappa shape index (κ3) is 2.02. The molecule has 0 aliphatic carbocycles. The Morgan fingerprint density at radius 2 is 1.50 bits per heavy atom. The van der Waals surface area contributed by atoms with E-state index in [4.69, 9.17) is 0 Å². The number of aliphatic carboxylic acids is 1. The molecular weight excluding hydrogens is 298 g/mol. The van der Waals surface area contributed by atoms with E-state index < -0.39 is 5.97 Å². The van der Waals surface area contributed by atoms with E-state index in [-0.39, 0.29) is 5.57 Å². The maximum absolute atomic E-state index is 11.5. The minimum absolute atomic E-state index is 0.0978. The average molecular weight is 313 g/mol. The number of carbonyl (C=O) groups is 1. The van der Waals surface area contributed by atoms with Gasteiger partial charge in [-0.25, -0.2) is 4.79 Å². The van der Waals surface area contributed by atoms with Crippen molar-refractivity contribution in [3.63, 3.8) is 0 Å². The normalized spacial score (nSPS) is 11.0. The van der Waals surface area contributed by atoms with Gasteiger partial charge in [0, 0.05) is 22.0 Å². The van der Waals surface area contributed by atoms with Crippen molar-refractivity contribution in [1.29, 1.82) is 0 Å². The van der Waals surface area contributed by atoms with Gasteiger partial charge in [-0.15, -0.1) is 0 Å². The van der Waals surface area contributed by atoms with E-state index in [1.54, 1.807) is 0 Å². The molecule has 1 aromatic heterocycles. The molecule has 0 radical (unpaired) electrons. The zero-order chi connectivity index (χ0) is 16.7. The topological polar surface area (TPSA) is 42.2 Å². The molecular formula is C21H15NO2. The van der Waals surface area contributed by atoms with E-state index in [0.29, 0.717) is 5.56 Å². The number of rotatable bonds is 3. The molecule has 1 N–H and O–H groups in total. The number of nitrogens with zero attached hydrogens (tertiary/aromatic N) is 1. The molecule has 0 unspecified atom stereocenters. The van der Waals surface area contributed by atoms with Gasteiger partial charge in [0.2, 0.25) is 0 Å². The van der Waals surface area contributed by atoms with Crippen LogP contribution >= 0.6 is 0 Å². The Morgan fingerprint density at radius 3 is 2.25 bits per heavy atom. The van der Waals surface area contributed by atoms with E-state index in [2.05, 4.69) is 23.3 Å². The molecule has 0 spiro atoms. The van der Waals surface area contributed by atoms with Gasteiger partial charge in [0.15, 0.2) is 0 Å². The lowest BCUT2D eigenvalue weighted by molar-refractivity contribution is -0.130. The number of carboxylic acids is 1. The zero-order valence-electron chi connectivity index (χ0n) is 12.9. The van der Waals surface area contributed by atoms with Crippen LogP contribution in [0, 0.1) is 0 Å². The standard InChI is InChI=1S/C21H15NO2/c1-14(21(23)24)16-11-7-12-18-17-10-5-6-13-19(17)22(20(16)18)15-8-3-2-4-9-15/h2-13H,1H2,(H,23,24). The van der Waals surface area contributed by atoms with Crippen LogP contribution in [0.5, 0.6) is 0 Å². The third-order valence-electron chi connectivity index (χ3n) is 4.29. The molecule has 0 fully saturated rings. The fraction of sp³-hybridized carbons (Fsp3) is 0. The Labute approximate surface area is 139 Å². The first-order valence-electron chi connectivity index (χ1n) is 7.68. The van der Waals surface area contributed by atoms with Gasteiger partial charge in [0.05, 0.1) is 16.6 Å². The van der Waals surface area contributed by atoms with Crippen molar-refractivity contribution in [2.75, 3.05) is 0 Å². The fourth-order valence-corrected chi connectivity index (χ4v) is 3.22. The minimum atomic E-state index is -1.01. The van der Waals surface area contributed by atoms with Crippen molar-refractivity contribution < 1.29 is 9.90 Å². The largest absolute Gasteiger partial charge is 0.478 e. The highest BCUT2D eigenvalue weighted by Crippen LogP contribution is 2.35. The number of carboxylic acid groups (broad SMARTS) is 1. The lowest BCUT2D eigenvalue weighted by Gasteiger charge is -2.11. The van der Waals surface area contributed by atoms with Crippen LogP contribution in [0.4, 0.5) is 0 Å². The zero-order valence-corrected chi connectivity index (χ0v) is 12.9. The quantitative estimate of drug-likeness (QED) is 0.548. The highest BCUT2D eigenvalue weighted by atomic mass is 16.4. The third-order valence-corrected chi connectivity index (χ3v) is 4.29. The summed E-state index contributed by atoms with van der Waals surface area (Å²) in [5.41, 5.74) is 3.65. The smallest absolute Gasteiger partial charge is 0.335 e. The number of aromatic nitrogens is 1. The second-order valence-electron chi connectivity index (χ2n) is 5.67. The summed E-state index contributed by atoms with van der Waals surface area (Å²) < 4.78 is 2.11. The fourth-order valence-electron chi connectivity index (χ4n) is 3.22. The predicted molar refractivity (Wildman–Crippen MR) is 97.5 cm³/mol. The number of benzene rings is 3. The monoisotopic (exact) mass is 313 g/mol. The molecule has 3 nitrogen and oxygen atoms in total. The van der Waals surface area contributed by atoms with Gasteiger partial charge in [0.1, 0.15) is 0 Å². The number of hydrogen-bond donors (Lipinski definition) is 1. The molecule has 0 bridgehead atoms. The number of para-hydroxylation sites is 3. The van der Waals surface area contributed by atoms with Gasteiger partial charge < -0.3 is 9.67 Å². The van der Waals surface area contributed by atoms with Crippen molar-refractivity contribution in [2.45, 2.75) is 0 Å². The van der Waals surface area contributed by atoms with Crippen molar-refractivity contribution in [2.24, 2.45) is 0 Å². The van der Waals surface area contributed by atoms with Crippen LogP contribution in [0.2, 0.25) is 0 Å². The summed E-state index contributed by atoms with van der Waals surface area (Å²) in [7, 11) is 0. The van der Waals surface area contributed by atoms with Gasteiger partial charge in [0.25, 0.3) is 0 Å². The van der Waals surface area contributed by atoms with Crippen molar-refractivity contribution >= 4 is 33.3 Å². The van der Waals surface area contributed by atoms with Gasteiger partial charge in [-0.1, -0.05) is 61.2 Å². The first kappa shape index (κ1) is 14.3. The molecule has 0 amide bonds. The maximum Gasteiger partial charge on any atom is 0.335 e. The van der Waals surface area contributed by atoms with Crippen LogP contribution in [0.3, 0.4) is 0 Å². The van der Waals surface area contributed by atoms with E-state index in [9.17, 15) is 9.90 Å². The van der Waals surface area contributed by atoms with Gasteiger partial charge >= 0.3 is 5.97 Å². The number of fused-ring (bicyclic) bond motifs is 3. The molecule has 0 aliphatic heterocycles. The first-order chi connectivity index (χ1) is 11.7. The van der Waals surface area contributed by atoms with E-state index >= 15 is 0 Å². The summed E-state index contributed by atoms with van der Waals surface area (Å²) >= 11 is 0. The van der Waals surface area contributed by atoms with Gasteiger partial charge in [-0.05, 0) is 18.2 Å². The summed E-state index contributed by atoms with van der Waals surface area (Å²) in [6, 6.07) is 23.8. The maximum atomic E-state index is 11.5. The number of hydrogen-bond acceptors (Lipinski definition) is 1. The average Bonchev–Trinajstić information content (AvgIpc) is 2.96. The van der Waals surface area contributed by atoms with Crippen LogP contribution in [-0.4, -0.2) is 15.6 Å². The molecule has 1 heterocycles. The van der Waals surface area contributed by atoms with Gasteiger partial charge in [-0.2, -0.15) is 0 Å². The van der Waals surface area contributed by atoms with Crippen LogP contribution in [0.15, 0.2) is 79.4 Å². The Balaban J connectivity index is 2.22. The Kier molecular flexibility index (Phi) is 3.21. The summed E-state index contributed by atoms with van der Waals surface area (Å²) in [5.74, 6) is -1.01. The summed E-state index contributed by atoms with van der Waals surface area (Å²) in [6.45, 7) is 3.77. The summed E-state index contributed by atoms with van der Waals surface area (Å²) in [6.07, 6.45) is 0. The second-order valence-corrected chi connectivity index (χ2v) is 5.67. The van der Waals surface area contributed by atoms with Crippen molar-refractivity contribution in [1.82, 2.24) is 4.57 Å². The lowest BCUT2D eigenvalue weighted by Crippen LogP contribution is -2.01. The lowest BCUT2D eigenvalue weighted by atomic mass is 10.0. The molecule has 0 saturated heterocycles. The predicted octanol–water partition coefficient (Wildman–Crippen LogP) is 4.88. The summed E-state index contributed by atoms with van der Waals surface area (Å²) in [5, 5.41) is 11.5. The molecule has 0 aliphatic rings. The van der Waals surface area contributed by atoms with Crippen LogP contribution in [0.25, 0.3) is 33.1 Å². The highest BCUT2D eigenvalue weighted by molar-refractivity contribution is 6.21. The van der Waals surface area contributed by atoms with E-state index in [1.165, 1.54) is 0 Å². The van der Waals surface area contributed by atoms with E-state index in [1.807, 2.05) is 60.7 Å². The van der Waals surface area contributed by atoms with Crippen molar-refractivity contribution in [3.05, 3.63) is 84.9 Å². The Bertz CT molecular complexity index is 1090. The second kappa shape index (κ2) is 5.39.